The normalized spacial score (nSPS) is 24.2. The molecule has 1 atom stereocenters. The Labute approximate surface area is 187 Å². The summed E-state index contributed by atoms with van der Waals surface area (Å²) in [7, 11) is 0. The Morgan fingerprint density at radius 1 is 0.938 bits per heavy atom. The zero-order valence-electron chi connectivity index (χ0n) is 18.5. The van der Waals surface area contributed by atoms with Gasteiger partial charge in [-0.25, -0.2) is 9.50 Å². The zero-order valence-corrected chi connectivity index (χ0v) is 18.5. The SMILES string of the molecule is O=C(C1CC1)N1CCc2nc3cc(C4CCCN(C(=O)C5CCCC5)C4)[nH]n3c(=O)c2C1. The van der Waals surface area contributed by atoms with Gasteiger partial charge in [0, 0.05) is 55.6 Å². The molecule has 1 saturated heterocycles. The summed E-state index contributed by atoms with van der Waals surface area (Å²) in [5.74, 6) is 1.05. The Morgan fingerprint density at radius 3 is 2.47 bits per heavy atom. The van der Waals surface area contributed by atoms with Crippen molar-refractivity contribution in [1.82, 2.24) is 24.4 Å². The molecule has 2 aliphatic heterocycles. The van der Waals surface area contributed by atoms with Gasteiger partial charge in [0.15, 0.2) is 5.65 Å². The molecule has 4 heterocycles. The highest BCUT2D eigenvalue weighted by molar-refractivity contribution is 5.81. The van der Waals surface area contributed by atoms with Crippen LogP contribution in [-0.2, 0) is 22.6 Å². The van der Waals surface area contributed by atoms with E-state index in [1.165, 1.54) is 17.4 Å². The summed E-state index contributed by atoms with van der Waals surface area (Å²) in [6, 6.07) is 1.98. The Balaban J connectivity index is 1.25. The molecule has 170 valence electrons. The van der Waals surface area contributed by atoms with E-state index < -0.39 is 0 Å². The van der Waals surface area contributed by atoms with Crippen LogP contribution in [0, 0.1) is 11.8 Å². The molecule has 3 fully saturated rings. The predicted molar refractivity (Wildman–Crippen MR) is 118 cm³/mol. The van der Waals surface area contributed by atoms with Gasteiger partial charge in [-0.2, -0.15) is 0 Å². The Morgan fingerprint density at radius 2 is 1.69 bits per heavy atom. The van der Waals surface area contributed by atoms with E-state index in [-0.39, 0.29) is 29.2 Å². The van der Waals surface area contributed by atoms with Crippen LogP contribution in [0.25, 0.3) is 5.65 Å². The molecule has 0 aromatic carbocycles. The van der Waals surface area contributed by atoms with E-state index in [0.717, 1.165) is 56.5 Å². The minimum Gasteiger partial charge on any atom is -0.342 e. The lowest BCUT2D eigenvalue weighted by Crippen LogP contribution is -2.42. The molecule has 2 aromatic heterocycles. The molecule has 4 aliphatic rings. The number of nitrogens with one attached hydrogen (secondary N) is 1. The van der Waals surface area contributed by atoms with Crippen LogP contribution in [0.4, 0.5) is 0 Å². The van der Waals surface area contributed by atoms with Crippen LogP contribution in [-0.4, -0.2) is 55.8 Å². The van der Waals surface area contributed by atoms with Crippen LogP contribution in [0.2, 0.25) is 0 Å². The van der Waals surface area contributed by atoms with Crippen LogP contribution < -0.4 is 5.56 Å². The van der Waals surface area contributed by atoms with Crippen molar-refractivity contribution in [3.05, 3.63) is 33.4 Å². The largest absolute Gasteiger partial charge is 0.342 e. The maximum absolute atomic E-state index is 13.3. The molecule has 2 amide bonds. The van der Waals surface area contributed by atoms with Gasteiger partial charge in [0.05, 0.1) is 17.8 Å². The number of carbonyl (C=O) groups is 2. The molecule has 0 spiro atoms. The molecule has 8 heteroatoms. The summed E-state index contributed by atoms with van der Waals surface area (Å²) in [6.45, 7) is 2.55. The predicted octanol–water partition coefficient (Wildman–Crippen LogP) is 2.21. The topological polar surface area (TPSA) is 90.8 Å². The van der Waals surface area contributed by atoms with E-state index in [1.54, 1.807) is 0 Å². The number of rotatable bonds is 3. The molecule has 0 radical (unpaired) electrons. The van der Waals surface area contributed by atoms with Crippen molar-refractivity contribution in [2.75, 3.05) is 19.6 Å². The number of carbonyl (C=O) groups excluding carboxylic acids is 2. The molecular weight excluding hydrogens is 406 g/mol. The molecular formula is C24H31N5O3. The Kier molecular flexibility index (Phi) is 4.84. The molecule has 6 rings (SSSR count). The van der Waals surface area contributed by atoms with Crippen molar-refractivity contribution in [1.29, 1.82) is 0 Å². The fraction of sp³-hybridized carbons (Fsp3) is 0.667. The second kappa shape index (κ2) is 7.74. The Bertz CT molecular complexity index is 1120. The summed E-state index contributed by atoms with van der Waals surface area (Å²) in [4.78, 5) is 47.3. The number of piperidine rings is 1. The zero-order chi connectivity index (χ0) is 21.8. The number of amides is 2. The summed E-state index contributed by atoms with van der Waals surface area (Å²) in [6.07, 6.45) is 8.94. The molecule has 2 aromatic rings. The van der Waals surface area contributed by atoms with Gasteiger partial charge >= 0.3 is 0 Å². The van der Waals surface area contributed by atoms with Crippen LogP contribution in [0.15, 0.2) is 10.9 Å². The third-order valence-electron chi connectivity index (χ3n) is 7.90. The smallest absolute Gasteiger partial charge is 0.277 e. The second-order valence-corrected chi connectivity index (χ2v) is 10.1. The van der Waals surface area contributed by atoms with Crippen molar-refractivity contribution < 1.29 is 9.59 Å². The first kappa shape index (κ1) is 20.0. The van der Waals surface area contributed by atoms with Crippen molar-refractivity contribution >= 4 is 17.5 Å². The summed E-state index contributed by atoms with van der Waals surface area (Å²) >= 11 is 0. The monoisotopic (exact) mass is 437 g/mol. The highest BCUT2D eigenvalue weighted by atomic mass is 16.2. The summed E-state index contributed by atoms with van der Waals surface area (Å²) < 4.78 is 1.54. The Hall–Kier alpha value is -2.64. The van der Waals surface area contributed by atoms with E-state index in [9.17, 15) is 14.4 Å². The van der Waals surface area contributed by atoms with E-state index in [4.69, 9.17) is 4.98 Å². The first-order chi connectivity index (χ1) is 15.6. The maximum Gasteiger partial charge on any atom is 0.277 e. The molecule has 0 bridgehead atoms. The van der Waals surface area contributed by atoms with Crippen molar-refractivity contribution in [3.8, 4) is 0 Å². The van der Waals surface area contributed by atoms with Crippen LogP contribution in [0.1, 0.15) is 74.2 Å². The van der Waals surface area contributed by atoms with Gasteiger partial charge in [0.1, 0.15) is 0 Å². The summed E-state index contributed by atoms with van der Waals surface area (Å²) in [5, 5.41) is 3.29. The summed E-state index contributed by atoms with van der Waals surface area (Å²) in [5.41, 5.74) is 2.98. The average Bonchev–Trinajstić information content (AvgIpc) is 3.34. The molecule has 8 nitrogen and oxygen atoms in total. The number of nitrogens with zero attached hydrogens (tertiary/aromatic N) is 4. The lowest BCUT2D eigenvalue weighted by atomic mass is 9.93. The van der Waals surface area contributed by atoms with E-state index in [2.05, 4.69) is 5.10 Å². The van der Waals surface area contributed by atoms with Crippen LogP contribution >= 0.6 is 0 Å². The lowest BCUT2D eigenvalue weighted by Gasteiger charge is -2.34. The van der Waals surface area contributed by atoms with Crippen molar-refractivity contribution in [3.63, 3.8) is 0 Å². The van der Waals surface area contributed by atoms with E-state index >= 15 is 0 Å². The number of aromatic nitrogens is 3. The number of H-pyrrole nitrogens is 1. The highest BCUT2D eigenvalue weighted by Gasteiger charge is 2.36. The van der Waals surface area contributed by atoms with Gasteiger partial charge in [0.25, 0.3) is 5.56 Å². The number of aromatic amines is 1. The molecule has 32 heavy (non-hydrogen) atoms. The van der Waals surface area contributed by atoms with E-state index in [1.807, 2.05) is 15.9 Å². The molecule has 2 saturated carbocycles. The third kappa shape index (κ3) is 3.44. The van der Waals surface area contributed by atoms with Gasteiger partial charge in [-0.05, 0) is 38.5 Å². The van der Waals surface area contributed by atoms with Gasteiger partial charge < -0.3 is 9.80 Å². The van der Waals surface area contributed by atoms with Gasteiger partial charge in [-0.1, -0.05) is 12.8 Å². The number of fused-ring (bicyclic) bond motifs is 2. The van der Waals surface area contributed by atoms with Crippen LogP contribution in [0.3, 0.4) is 0 Å². The average molecular weight is 438 g/mol. The third-order valence-corrected chi connectivity index (χ3v) is 7.90. The van der Waals surface area contributed by atoms with Gasteiger partial charge in [-0.3, -0.25) is 19.5 Å². The van der Waals surface area contributed by atoms with Crippen molar-refractivity contribution in [2.45, 2.75) is 70.3 Å². The van der Waals surface area contributed by atoms with Gasteiger partial charge in [0.2, 0.25) is 11.8 Å². The minimum atomic E-state index is -0.0979. The molecule has 1 N–H and O–H groups in total. The number of likely N-dealkylation sites (tertiary alicyclic amines) is 1. The lowest BCUT2D eigenvalue weighted by molar-refractivity contribution is -0.136. The maximum atomic E-state index is 13.3. The molecule has 1 unspecified atom stereocenters. The first-order valence-electron chi connectivity index (χ1n) is 12.3. The fourth-order valence-electron chi connectivity index (χ4n) is 5.85. The first-order valence-corrected chi connectivity index (χ1v) is 12.3. The van der Waals surface area contributed by atoms with Crippen molar-refractivity contribution in [2.24, 2.45) is 11.8 Å². The quantitative estimate of drug-likeness (QED) is 0.797. The fourth-order valence-corrected chi connectivity index (χ4v) is 5.85. The molecule has 2 aliphatic carbocycles. The second-order valence-electron chi connectivity index (χ2n) is 10.1. The number of hydrogen-bond donors (Lipinski definition) is 1. The van der Waals surface area contributed by atoms with E-state index in [0.29, 0.717) is 43.2 Å². The highest BCUT2D eigenvalue weighted by Crippen LogP contribution is 2.33. The standard InChI is InChI=1S/C24H31N5O3/c30-22(15-4-1-2-5-15)27-10-3-6-17(13-27)20-12-21-25-19-9-11-28(23(31)16-7-8-16)14-18(19)24(32)29(21)26-20/h12,15-17,26H,1-11,13-14H2. The number of hydrogen-bond acceptors (Lipinski definition) is 4. The van der Waals surface area contributed by atoms with Gasteiger partial charge in [-0.15, -0.1) is 0 Å². The minimum absolute atomic E-state index is 0.0979. The van der Waals surface area contributed by atoms with Crippen LogP contribution in [0.5, 0.6) is 0 Å².